The first-order chi connectivity index (χ1) is 10.2. The third-order valence-electron chi connectivity index (χ3n) is 4.18. The summed E-state index contributed by atoms with van der Waals surface area (Å²) in [5.74, 6) is -0.159. The summed E-state index contributed by atoms with van der Waals surface area (Å²) < 4.78 is 13.9. The molecule has 0 fully saturated rings. The SMILES string of the molecule is CCC(CC)N(CCO)CCC(NC)c1ccccc1F. The number of benzene rings is 1. The van der Waals surface area contributed by atoms with Crippen LogP contribution in [0.25, 0.3) is 0 Å². The lowest BCUT2D eigenvalue weighted by Crippen LogP contribution is -2.38. The van der Waals surface area contributed by atoms with Crippen molar-refractivity contribution in [2.75, 3.05) is 26.7 Å². The van der Waals surface area contributed by atoms with Gasteiger partial charge in [-0.25, -0.2) is 4.39 Å². The van der Waals surface area contributed by atoms with E-state index in [-0.39, 0.29) is 18.5 Å². The Labute approximate surface area is 128 Å². The van der Waals surface area contributed by atoms with Crippen molar-refractivity contribution in [1.29, 1.82) is 0 Å². The van der Waals surface area contributed by atoms with Gasteiger partial charge in [-0.2, -0.15) is 0 Å². The predicted molar refractivity (Wildman–Crippen MR) is 85.8 cm³/mol. The van der Waals surface area contributed by atoms with Crippen molar-refractivity contribution in [2.45, 2.75) is 45.2 Å². The van der Waals surface area contributed by atoms with Crippen LogP contribution in [0.3, 0.4) is 0 Å². The van der Waals surface area contributed by atoms with Crippen LogP contribution in [0.1, 0.15) is 44.7 Å². The summed E-state index contributed by atoms with van der Waals surface area (Å²) in [7, 11) is 1.87. The van der Waals surface area contributed by atoms with E-state index >= 15 is 0 Å². The zero-order chi connectivity index (χ0) is 15.7. The van der Waals surface area contributed by atoms with Gasteiger partial charge < -0.3 is 10.4 Å². The van der Waals surface area contributed by atoms with Crippen LogP contribution in [-0.2, 0) is 0 Å². The first-order valence-electron chi connectivity index (χ1n) is 7.94. The molecule has 0 aromatic heterocycles. The molecule has 0 aliphatic carbocycles. The number of nitrogens with one attached hydrogen (secondary N) is 1. The van der Waals surface area contributed by atoms with Gasteiger partial charge in [0.15, 0.2) is 0 Å². The van der Waals surface area contributed by atoms with Crippen molar-refractivity contribution in [3.8, 4) is 0 Å². The molecule has 0 spiro atoms. The molecule has 120 valence electrons. The lowest BCUT2D eigenvalue weighted by atomic mass is 10.0. The van der Waals surface area contributed by atoms with E-state index in [1.807, 2.05) is 19.2 Å². The zero-order valence-electron chi connectivity index (χ0n) is 13.5. The molecular weight excluding hydrogens is 267 g/mol. The molecule has 1 atom stereocenters. The predicted octanol–water partition coefficient (Wildman–Crippen LogP) is 2.96. The maximum absolute atomic E-state index is 13.9. The Bertz CT molecular complexity index is 396. The van der Waals surface area contributed by atoms with Gasteiger partial charge in [0.25, 0.3) is 0 Å². The minimum Gasteiger partial charge on any atom is -0.395 e. The number of hydrogen-bond acceptors (Lipinski definition) is 3. The van der Waals surface area contributed by atoms with Crippen LogP contribution in [-0.4, -0.2) is 42.8 Å². The van der Waals surface area contributed by atoms with Gasteiger partial charge in [0.1, 0.15) is 5.82 Å². The highest BCUT2D eigenvalue weighted by Gasteiger charge is 2.18. The van der Waals surface area contributed by atoms with E-state index in [0.29, 0.717) is 18.2 Å². The third-order valence-corrected chi connectivity index (χ3v) is 4.18. The molecule has 1 rings (SSSR count). The van der Waals surface area contributed by atoms with Gasteiger partial charge in [-0.3, -0.25) is 4.90 Å². The van der Waals surface area contributed by atoms with E-state index in [1.165, 1.54) is 6.07 Å². The van der Waals surface area contributed by atoms with Gasteiger partial charge in [0.2, 0.25) is 0 Å². The van der Waals surface area contributed by atoms with Gasteiger partial charge in [-0.1, -0.05) is 32.0 Å². The average molecular weight is 296 g/mol. The second-order valence-corrected chi connectivity index (χ2v) is 5.38. The molecule has 0 saturated carbocycles. The highest BCUT2D eigenvalue weighted by Crippen LogP contribution is 2.21. The summed E-state index contributed by atoms with van der Waals surface area (Å²) in [4.78, 5) is 2.31. The van der Waals surface area contributed by atoms with Crippen LogP contribution in [0.2, 0.25) is 0 Å². The van der Waals surface area contributed by atoms with Crippen molar-refractivity contribution in [2.24, 2.45) is 0 Å². The number of halogens is 1. The standard InChI is InChI=1S/C17H29FN2O/c1-4-14(5-2)20(12-13-21)11-10-17(19-3)15-8-6-7-9-16(15)18/h6-9,14,17,19,21H,4-5,10-13H2,1-3H3. The van der Waals surface area contributed by atoms with Gasteiger partial charge >= 0.3 is 0 Å². The number of aliphatic hydroxyl groups is 1. The molecule has 1 aromatic carbocycles. The van der Waals surface area contributed by atoms with Crippen molar-refractivity contribution >= 4 is 0 Å². The number of rotatable bonds is 10. The van der Waals surface area contributed by atoms with Crippen molar-refractivity contribution in [1.82, 2.24) is 10.2 Å². The van der Waals surface area contributed by atoms with Gasteiger partial charge in [-0.15, -0.1) is 0 Å². The van der Waals surface area contributed by atoms with Gasteiger partial charge in [-0.05, 0) is 32.4 Å². The van der Waals surface area contributed by atoms with E-state index in [0.717, 1.165) is 25.8 Å². The molecule has 0 aliphatic rings. The van der Waals surface area contributed by atoms with E-state index in [1.54, 1.807) is 6.07 Å². The summed E-state index contributed by atoms with van der Waals surface area (Å²) in [5, 5.41) is 12.4. The van der Waals surface area contributed by atoms with E-state index in [9.17, 15) is 9.50 Å². The average Bonchev–Trinajstić information content (AvgIpc) is 2.50. The largest absolute Gasteiger partial charge is 0.395 e. The monoisotopic (exact) mass is 296 g/mol. The quantitative estimate of drug-likeness (QED) is 0.697. The highest BCUT2D eigenvalue weighted by atomic mass is 19.1. The Hall–Kier alpha value is -0.970. The smallest absolute Gasteiger partial charge is 0.127 e. The summed E-state index contributed by atoms with van der Waals surface area (Å²) in [6.45, 7) is 6.04. The van der Waals surface area contributed by atoms with Crippen LogP contribution >= 0.6 is 0 Å². The topological polar surface area (TPSA) is 35.5 Å². The molecule has 21 heavy (non-hydrogen) atoms. The molecule has 0 amide bonds. The Balaban J connectivity index is 2.70. The molecule has 0 bridgehead atoms. The number of aliphatic hydroxyl groups excluding tert-OH is 1. The second-order valence-electron chi connectivity index (χ2n) is 5.38. The molecule has 0 radical (unpaired) electrons. The fraction of sp³-hybridized carbons (Fsp3) is 0.647. The molecule has 1 unspecified atom stereocenters. The van der Waals surface area contributed by atoms with Crippen LogP contribution in [0.15, 0.2) is 24.3 Å². The first-order valence-corrected chi connectivity index (χ1v) is 7.94. The fourth-order valence-electron chi connectivity index (χ4n) is 2.92. The van der Waals surface area contributed by atoms with Crippen LogP contribution in [0, 0.1) is 5.82 Å². The van der Waals surface area contributed by atoms with Crippen LogP contribution < -0.4 is 5.32 Å². The normalized spacial score (nSPS) is 13.1. The Kier molecular flexibility index (Phi) is 8.50. The fourth-order valence-corrected chi connectivity index (χ4v) is 2.92. The Morgan fingerprint density at radius 2 is 1.86 bits per heavy atom. The summed E-state index contributed by atoms with van der Waals surface area (Å²) in [6, 6.07) is 7.41. The number of hydrogen-bond donors (Lipinski definition) is 2. The first kappa shape index (κ1) is 18.1. The van der Waals surface area contributed by atoms with Crippen LogP contribution in [0.5, 0.6) is 0 Å². The summed E-state index contributed by atoms with van der Waals surface area (Å²) in [6.07, 6.45) is 2.97. The molecule has 0 heterocycles. The molecule has 0 saturated heterocycles. The summed E-state index contributed by atoms with van der Waals surface area (Å²) in [5.41, 5.74) is 0.716. The minimum absolute atomic E-state index is 0.00163. The van der Waals surface area contributed by atoms with Crippen molar-refractivity contribution in [3.05, 3.63) is 35.6 Å². The van der Waals surface area contributed by atoms with Gasteiger partial charge in [0, 0.05) is 30.7 Å². The molecular formula is C17H29FN2O. The Morgan fingerprint density at radius 3 is 2.38 bits per heavy atom. The summed E-state index contributed by atoms with van der Waals surface area (Å²) >= 11 is 0. The zero-order valence-corrected chi connectivity index (χ0v) is 13.5. The van der Waals surface area contributed by atoms with Crippen molar-refractivity contribution < 1.29 is 9.50 Å². The second kappa shape index (κ2) is 9.87. The molecule has 3 nitrogen and oxygen atoms in total. The van der Waals surface area contributed by atoms with E-state index in [2.05, 4.69) is 24.1 Å². The number of nitrogens with zero attached hydrogens (tertiary/aromatic N) is 1. The third kappa shape index (κ3) is 5.38. The van der Waals surface area contributed by atoms with E-state index < -0.39 is 0 Å². The van der Waals surface area contributed by atoms with Crippen LogP contribution in [0.4, 0.5) is 4.39 Å². The maximum atomic E-state index is 13.9. The molecule has 4 heteroatoms. The highest BCUT2D eigenvalue weighted by molar-refractivity contribution is 5.21. The lowest BCUT2D eigenvalue weighted by molar-refractivity contribution is 0.138. The Morgan fingerprint density at radius 1 is 1.19 bits per heavy atom. The van der Waals surface area contributed by atoms with Gasteiger partial charge in [0.05, 0.1) is 6.61 Å². The molecule has 0 aliphatic heterocycles. The molecule has 1 aromatic rings. The maximum Gasteiger partial charge on any atom is 0.127 e. The minimum atomic E-state index is -0.159. The molecule has 2 N–H and O–H groups in total. The van der Waals surface area contributed by atoms with E-state index in [4.69, 9.17) is 0 Å². The lowest BCUT2D eigenvalue weighted by Gasteiger charge is -2.31. The van der Waals surface area contributed by atoms with Crippen molar-refractivity contribution in [3.63, 3.8) is 0 Å².